The van der Waals surface area contributed by atoms with Gasteiger partial charge in [0, 0.05) is 57.9 Å². The number of carbonyl (C=O) groups is 3. The summed E-state index contributed by atoms with van der Waals surface area (Å²) in [5, 5.41) is 0. The molecular formula is C33H36Br2N2O4. The van der Waals surface area contributed by atoms with Crippen molar-refractivity contribution in [2.75, 3.05) is 13.2 Å². The lowest BCUT2D eigenvalue weighted by Crippen LogP contribution is -2.45. The van der Waals surface area contributed by atoms with Crippen LogP contribution in [-0.2, 0) is 20.8 Å². The van der Waals surface area contributed by atoms with Gasteiger partial charge >= 0.3 is 0 Å². The van der Waals surface area contributed by atoms with Crippen LogP contribution < -0.4 is 10.5 Å². The summed E-state index contributed by atoms with van der Waals surface area (Å²) < 4.78 is 7.35. The zero-order valence-corrected chi connectivity index (χ0v) is 27.2. The van der Waals surface area contributed by atoms with Crippen LogP contribution in [0.5, 0.6) is 5.75 Å². The summed E-state index contributed by atoms with van der Waals surface area (Å²) >= 11 is 7.21. The Morgan fingerprint density at radius 2 is 1.49 bits per heavy atom. The fourth-order valence-corrected chi connectivity index (χ4v) is 7.98. The first-order chi connectivity index (χ1) is 19.3. The van der Waals surface area contributed by atoms with Crippen molar-refractivity contribution in [1.82, 2.24) is 4.90 Å². The molecular weight excluding hydrogens is 648 g/mol. The van der Waals surface area contributed by atoms with E-state index in [2.05, 4.69) is 76.6 Å². The molecule has 1 aliphatic heterocycles. The Hall–Kier alpha value is -2.71. The highest BCUT2D eigenvalue weighted by atomic mass is 79.9. The van der Waals surface area contributed by atoms with Gasteiger partial charge in [0.25, 0.3) is 5.91 Å². The zero-order valence-electron chi connectivity index (χ0n) is 24.0. The lowest BCUT2D eigenvalue weighted by molar-refractivity contribution is -0.121. The molecule has 41 heavy (non-hydrogen) atoms. The second-order valence-corrected chi connectivity index (χ2v) is 14.8. The molecule has 0 fully saturated rings. The van der Waals surface area contributed by atoms with E-state index in [1.165, 1.54) is 5.56 Å². The van der Waals surface area contributed by atoms with Crippen molar-refractivity contribution in [2.45, 2.75) is 65.7 Å². The summed E-state index contributed by atoms with van der Waals surface area (Å²) in [6.45, 7) is 8.90. The van der Waals surface area contributed by atoms with Crippen molar-refractivity contribution in [2.24, 2.45) is 16.6 Å². The van der Waals surface area contributed by atoms with Crippen LogP contribution in [0.1, 0.15) is 70.4 Å². The van der Waals surface area contributed by atoms with Crippen molar-refractivity contribution in [3.8, 4) is 5.75 Å². The third-order valence-corrected chi connectivity index (χ3v) is 9.24. The number of hydrogen-bond donors (Lipinski definition) is 1. The number of amides is 1. The Bertz CT molecular complexity index is 1440. The zero-order chi connectivity index (χ0) is 29.7. The monoisotopic (exact) mass is 682 g/mol. The highest BCUT2D eigenvalue weighted by Gasteiger charge is 2.49. The minimum absolute atomic E-state index is 0.0482. The number of carbonyl (C=O) groups excluding carboxylic acids is 3. The highest BCUT2D eigenvalue weighted by Crippen LogP contribution is 2.56. The van der Waals surface area contributed by atoms with Gasteiger partial charge in [-0.25, -0.2) is 0 Å². The van der Waals surface area contributed by atoms with Gasteiger partial charge < -0.3 is 15.4 Å². The molecule has 1 amide bonds. The van der Waals surface area contributed by atoms with Gasteiger partial charge in [0.2, 0.25) is 0 Å². The molecule has 0 saturated heterocycles. The molecule has 0 aromatic heterocycles. The second kappa shape index (κ2) is 11.2. The molecule has 216 valence electrons. The molecule has 2 N–H and O–H groups in total. The summed E-state index contributed by atoms with van der Waals surface area (Å²) in [5.41, 5.74) is 10.2. The Morgan fingerprint density at radius 1 is 0.927 bits per heavy atom. The maximum atomic E-state index is 14.1. The first kappa shape index (κ1) is 29.8. The normalized spacial score (nSPS) is 20.2. The van der Waals surface area contributed by atoms with Crippen LogP contribution in [0.15, 0.2) is 74.0 Å². The second-order valence-electron chi connectivity index (χ2n) is 13.0. The van der Waals surface area contributed by atoms with Crippen LogP contribution in [0.3, 0.4) is 0 Å². The van der Waals surface area contributed by atoms with Crippen LogP contribution in [0.25, 0.3) is 0 Å². The molecule has 0 atom stereocenters. The highest BCUT2D eigenvalue weighted by molar-refractivity contribution is 9.11. The standard InChI is InChI=1S/C33H36Br2N2O4/c1-32(2)14-23-29(25(38)16-32)28(21-12-20(34)13-22(35)31(21)41-18-27(36)40)30-24(15-33(3,4)17-26(30)39)37(23)11-10-19-8-6-5-7-9-19/h5-9,12-13,28H,10-11,14-18H2,1-4H3,(H2,36,40). The Kier molecular flexibility index (Phi) is 8.11. The molecule has 0 bridgehead atoms. The van der Waals surface area contributed by atoms with E-state index in [4.69, 9.17) is 10.5 Å². The Labute approximate surface area is 258 Å². The fourth-order valence-electron chi connectivity index (χ4n) is 6.60. The van der Waals surface area contributed by atoms with Crippen molar-refractivity contribution in [3.05, 3.63) is 85.1 Å². The Morgan fingerprint density at radius 3 is 2.02 bits per heavy atom. The largest absolute Gasteiger partial charge is 0.482 e. The summed E-state index contributed by atoms with van der Waals surface area (Å²) in [5.74, 6) is -0.688. The van der Waals surface area contributed by atoms with E-state index < -0.39 is 11.8 Å². The van der Waals surface area contributed by atoms with Crippen molar-refractivity contribution in [1.29, 1.82) is 0 Å². The number of primary amides is 1. The molecule has 0 radical (unpaired) electrons. The molecule has 1 heterocycles. The van der Waals surface area contributed by atoms with Gasteiger partial charge in [-0.1, -0.05) is 74.0 Å². The van der Waals surface area contributed by atoms with Crippen molar-refractivity contribution < 1.29 is 19.1 Å². The maximum absolute atomic E-state index is 14.1. The van der Waals surface area contributed by atoms with Gasteiger partial charge in [-0.3, -0.25) is 14.4 Å². The fraction of sp³-hybridized carbons (Fsp3) is 0.424. The molecule has 2 aromatic rings. The number of halogens is 2. The van der Waals surface area contributed by atoms with E-state index in [-0.39, 0.29) is 29.0 Å². The minimum atomic E-state index is -0.604. The van der Waals surface area contributed by atoms with Gasteiger partial charge in [-0.15, -0.1) is 0 Å². The first-order valence-corrected chi connectivity index (χ1v) is 15.6. The van der Waals surface area contributed by atoms with Crippen LogP contribution in [0.2, 0.25) is 0 Å². The molecule has 3 aliphatic rings. The smallest absolute Gasteiger partial charge is 0.255 e. The predicted molar refractivity (Wildman–Crippen MR) is 166 cm³/mol. The van der Waals surface area contributed by atoms with E-state index in [0.717, 1.165) is 35.1 Å². The van der Waals surface area contributed by atoms with E-state index in [1.807, 2.05) is 30.3 Å². The molecule has 6 nitrogen and oxygen atoms in total. The van der Waals surface area contributed by atoms with E-state index >= 15 is 0 Å². The number of ketones is 2. The molecule has 5 rings (SSSR count). The number of nitrogens with two attached hydrogens (primary N) is 1. The molecule has 2 aromatic carbocycles. The number of allylic oxidation sites excluding steroid dienone is 4. The average molecular weight is 684 g/mol. The van der Waals surface area contributed by atoms with Crippen LogP contribution >= 0.6 is 31.9 Å². The third kappa shape index (κ3) is 6.09. The number of benzene rings is 2. The first-order valence-electron chi connectivity index (χ1n) is 14.0. The number of hydrogen-bond acceptors (Lipinski definition) is 5. The third-order valence-electron chi connectivity index (χ3n) is 8.20. The number of ether oxygens (including phenoxy) is 1. The molecule has 2 aliphatic carbocycles. The molecule has 8 heteroatoms. The SMILES string of the molecule is CC1(C)CC(=O)C2=C(C1)N(CCc1ccccc1)C1=C(C(=O)CC(C)(C)C1)C2c1cc(Br)cc(Br)c1OCC(N)=O. The van der Waals surface area contributed by atoms with Gasteiger partial charge in [0.1, 0.15) is 5.75 Å². The van der Waals surface area contributed by atoms with E-state index in [1.54, 1.807) is 0 Å². The van der Waals surface area contributed by atoms with Gasteiger partial charge in [0.15, 0.2) is 18.2 Å². The molecule has 0 spiro atoms. The topological polar surface area (TPSA) is 89.7 Å². The van der Waals surface area contributed by atoms with Crippen LogP contribution in [-0.4, -0.2) is 35.5 Å². The van der Waals surface area contributed by atoms with Crippen LogP contribution in [0, 0.1) is 10.8 Å². The molecule has 0 saturated carbocycles. The average Bonchev–Trinajstić information content (AvgIpc) is 2.85. The van der Waals surface area contributed by atoms with Gasteiger partial charge in [-0.2, -0.15) is 0 Å². The quantitative estimate of drug-likeness (QED) is 0.339. The summed E-state index contributed by atoms with van der Waals surface area (Å²) in [6, 6.07) is 14.0. The predicted octanol–water partition coefficient (Wildman–Crippen LogP) is 7.00. The summed E-state index contributed by atoms with van der Waals surface area (Å²) in [6.07, 6.45) is 3.01. The van der Waals surface area contributed by atoms with Gasteiger partial charge in [-0.05, 0) is 63.7 Å². The molecule has 0 unspecified atom stereocenters. The van der Waals surface area contributed by atoms with E-state index in [9.17, 15) is 14.4 Å². The number of nitrogens with zero attached hydrogens (tertiary/aromatic N) is 1. The lowest BCUT2D eigenvalue weighted by Gasteiger charge is -2.49. The number of rotatable bonds is 7. The Balaban J connectivity index is 1.75. The van der Waals surface area contributed by atoms with Gasteiger partial charge in [0.05, 0.1) is 4.47 Å². The number of Topliss-reactive ketones (excluding diaryl/α,β-unsaturated/α-hetero) is 2. The summed E-state index contributed by atoms with van der Waals surface area (Å²) in [7, 11) is 0. The van der Waals surface area contributed by atoms with Crippen molar-refractivity contribution >= 4 is 49.3 Å². The summed E-state index contributed by atoms with van der Waals surface area (Å²) in [4.78, 5) is 42.3. The maximum Gasteiger partial charge on any atom is 0.255 e. The van der Waals surface area contributed by atoms with Crippen LogP contribution in [0.4, 0.5) is 0 Å². The van der Waals surface area contributed by atoms with Crippen molar-refractivity contribution in [3.63, 3.8) is 0 Å². The lowest BCUT2D eigenvalue weighted by atomic mass is 9.63. The van der Waals surface area contributed by atoms with E-state index in [0.29, 0.717) is 46.3 Å². The minimum Gasteiger partial charge on any atom is -0.482 e.